The number of carbonyl (C=O) groups excluding carboxylic acids is 1. The van der Waals surface area contributed by atoms with Gasteiger partial charge in [-0.1, -0.05) is 25.1 Å². The molecule has 198 valence electrons. The molecule has 8 heteroatoms. The SMILES string of the molecule is CCc1cnc(N2CCC(COc3ccc(C4=CCC(C(=O)N5CC[C@H](NO)C5)CC4)cc3)CC2)nc1. The highest BCUT2D eigenvalue weighted by Crippen LogP contribution is 2.33. The van der Waals surface area contributed by atoms with Gasteiger partial charge >= 0.3 is 0 Å². The highest BCUT2D eigenvalue weighted by Gasteiger charge is 2.31. The number of benzene rings is 1. The topological polar surface area (TPSA) is 90.8 Å². The Balaban J connectivity index is 1.06. The van der Waals surface area contributed by atoms with E-state index >= 15 is 0 Å². The Morgan fingerprint density at radius 3 is 2.46 bits per heavy atom. The first kappa shape index (κ1) is 25.7. The highest BCUT2D eigenvalue weighted by molar-refractivity contribution is 5.81. The van der Waals surface area contributed by atoms with Crippen molar-refractivity contribution in [1.82, 2.24) is 20.3 Å². The van der Waals surface area contributed by atoms with E-state index in [1.807, 2.05) is 17.3 Å². The quantitative estimate of drug-likeness (QED) is 0.522. The summed E-state index contributed by atoms with van der Waals surface area (Å²) in [7, 11) is 0. The Labute approximate surface area is 219 Å². The second-order valence-electron chi connectivity index (χ2n) is 10.6. The summed E-state index contributed by atoms with van der Waals surface area (Å²) >= 11 is 0. The summed E-state index contributed by atoms with van der Waals surface area (Å²) in [5.41, 5.74) is 6.00. The third-order valence-electron chi connectivity index (χ3n) is 8.15. The predicted octanol–water partition coefficient (Wildman–Crippen LogP) is 4.10. The van der Waals surface area contributed by atoms with Crippen LogP contribution in [0.15, 0.2) is 42.7 Å². The normalized spacial score (nSPS) is 22.7. The van der Waals surface area contributed by atoms with E-state index in [4.69, 9.17) is 9.94 Å². The number of hydroxylamine groups is 1. The van der Waals surface area contributed by atoms with Gasteiger partial charge in [0.15, 0.2) is 0 Å². The van der Waals surface area contributed by atoms with Crippen molar-refractivity contribution >= 4 is 17.4 Å². The lowest BCUT2D eigenvalue weighted by atomic mass is 9.86. The fourth-order valence-corrected chi connectivity index (χ4v) is 5.62. The number of nitrogens with zero attached hydrogens (tertiary/aromatic N) is 4. The second-order valence-corrected chi connectivity index (χ2v) is 10.6. The second kappa shape index (κ2) is 12.0. The summed E-state index contributed by atoms with van der Waals surface area (Å²) in [6, 6.07) is 8.42. The van der Waals surface area contributed by atoms with Crippen molar-refractivity contribution in [3.8, 4) is 5.75 Å². The molecule has 3 aliphatic rings. The van der Waals surface area contributed by atoms with Gasteiger partial charge in [0, 0.05) is 44.5 Å². The molecule has 1 amide bonds. The lowest BCUT2D eigenvalue weighted by molar-refractivity contribution is -0.134. The lowest BCUT2D eigenvalue weighted by Crippen LogP contribution is -2.37. The van der Waals surface area contributed by atoms with Crippen LogP contribution in [0.25, 0.3) is 5.57 Å². The maximum atomic E-state index is 12.8. The largest absolute Gasteiger partial charge is 0.493 e. The molecule has 2 atom stereocenters. The molecule has 2 saturated heterocycles. The zero-order chi connectivity index (χ0) is 25.6. The number of aromatic nitrogens is 2. The van der Waals surface area contributed by atoms with Gasteiger partial charge in [-0.15, -0.1) is 0 Å². The molecule has 8 nitrogen and oxygen atoms in total. The zero-order valence-corrected chi connectivity index (χ0v) is 21.8. The van der Waals surface area contributed by atoms with Gasteiger partial charge < -0.3 is 19.7 Å². The molecule has 5 rings (SSSR count). The fourth-order valence-electron chi connectivity index (χ4n) is 5.62. The minimum atomic E-state index is 0.00484. The highest BCUT2D eigenvalue weighted by atomic mass is 16.5. The molecule has 0 spiro atoms. The number of hydrogen-bond donors (Lipinski definition) is 2. The molecule has 1 aromatic heterocycles. The Morgan fingerprint density at radius 2 is 1.84 bits per heavy atom. The standard InChI is InChI=1S/C29H39N5O3/c1-2-21-17-30-29(31-18-21)33-14-11-22(12-15-33)20-37-27-9-7-24(8-10-27)23-3-5-25(6-4-23)28(35)34-16-13-26(19-34)32-36/h3,7-10,17-18,22,25-26,32,36H,2,4-6,11-16,19-20H2,1H3/t25?,26-/m0/s1. The van der Waals surface area contributed by atoms with Crippen LogP contribution >= 0.6 is 0 Å². The van der Waals surface area contributed by atoms with E-state index in [1.165, 1.54) is 16.7 Å². The van der Waals surface area contributed by atoms with Crippen LogP contribution in [0.4, 0.5) is 5.95 Å². The number of allylic oxidation sites excluding steroid dienone is 2. The molecule has 3 heterocycles. The number of hydrogen-bond acceptors (Lipinski definition) is 7. The maximum Gasteiger partial charge on any atom is 0.226 e. The van der Waals surface area contributed by atoms with E-state index in [-0.39, 0.29) is 17.9 Å². The van der Waals surface area contributed by atoms with Crippen molar-refractivity contribution in [2.45, 2.75) is 57.9 Å². The van der Waals surface area contributed by atoms with Crippen LogP contribution in [0, 0.1) is 11.8 Å². The third kappa shape index (κ3) is 6.30. The van der Waals surface area contributed by atoms with Crippen molar-refractivity contribution in [3.63, 3.8) is 0 Å². The first-order valence-corrected chi connectivity index (χ1v) is 13.8. The first-order valence-electron chi connectivity index (χ1n) is 13.8. The van der Waals surface area contributed by atoms with Gasteiger partial charge in [-0.25, -0.2) is 15.4 Å². The number of nitrogens with one attached hydrogen (secondary N) is 1. The molecule has 2 aliphatic heterocycles. The molecule has 2 aromatic rings. The maximum absolute atomic E-state index is 12.8. The average Bonchev–Trinajstić information content (AvgIpc) is 3.46. The van der Waals surface area contributed by atoms with Crippen LogP contribution in [-0.4, -0.2) is 64.8 Å². The van der Waals surface area contributed by atoms with E-state index in [0.29, 0.717) is 12.5 Å². The molecule has 2 N–H and O–H groups in total. The van der Waals surface area contributed by atoms with Crippen molar-refractivity contribution in [3.05, 3.63) is 53.9 Å². The molecular weight excluding hydrogens is 466 g/mol. The van der Waals surface area contributed by atoms with Gasteiger partial charge in [0.05, 0.1) is 12.6 Å². The van der Waals surface area contributed by atoms with E-state index < -0.39 is 0 Å². The van der Waals surface area contributed by atoms with Crippen LogP contribution in [0.3, 0.4) is 0 Å². The smallest absolute Gasteiger partial charge is 0.226 e. The van der Waals surface area contributed by atoms with Gasteiger partial charge in [-0.05, 0) is 79.7 Å². The summed E-state index contributed by atoms with van der Waals surface area (Å²) in [5.74, 6) is 2.57. The molecule has 1 aliphatic carbocycles. The molecule has 0 saturated carbocycles. The number of carbonyl (C=O) groups is 1. The minimum absolute atomic E-state index is 0.00484. The van der Waals surface area contributed by atoms with Crippen molar-refractivity contribution in [1.29, 1.82) is 0 Å². The van der Waals surface area contributed by atoms with Gasteiger partial charge in [-0.3, -0.25) is 4.79 Å². The third-order valence-corrected chi connectivity index (χ3v) is 8.15. The predicted molar refractivity (Wildman–Crippen MR) is 144 cm³/mol. The van der Waals surface area contributed by atoms with Gasteiger partial charge in [0.2, 0.25) is 11.9 Å². The van der Waals surface area contributed by atoms with Crippen LogP contribution in [0.2, 0.25) is 0 Å². The van der Waals surface area contributed by atoms with Crippen LogP contribution < -0.4 is 15.1 Å². The Hall–Kier alpha value is -2.97. The van der Waals surface area contributed by atoms with Gasteiger partial charge in [0.1, 0.15) is 5.75 Å². The summed E-state index contributed by atoms with van der Waals surface area (Å²) in [5, 5.41) is 9.11. The molecule has 1 aromatic carbocycles. The van der Waals surface area contributed by atoms with E-state index in [2.05, 4.69) is 57.6 Å². The average molecular weight is 506 g/mol. The summed E-state index contributed by atoms with van der Waals surface area (Å²) in [6.07, 6.45) is 12.6. The summed E-state index contributed by atoms with van der Waals surface area (Å²) < 4.78 is 6.14. The van der Waals surface area contributed by atoms with Crippen LogP contribution in [-0.2, 0) is 11.2 Å². The van der Waals surface area contributed by atoms with Crippen molar-refractivity contribution in [2.75, 3.05) is 37.7 Å². The number of likely N-dealkylation sites (tertiary alicyclic amines) is 1. The molecule has 0 radical (unpaired) electrons. The van der Waals surface area contributed by atoms with Crippen molar-refractivity contribution in [2.24, 2.45) is 11.8 Å². The first-order chi connectivity index (χ1) is 18.1. The Kier molecular flexibility index (Phi) is 8.36. The lowest BCUT2D eigenvalue weighted by Gasteiger charge is -2.31. The minimum Gasteiger partial charge on any atom is -0.493 e. The molecular formula is C29H39N5O3. The zero-order valence-electron chi connectivity index (χ0n) is 21.8. The Bertz CT molecular complexity index is 1060. The van der Waals surface area contributed by atoms with Crippen LogP contribution in [0.5, 0.6) is 5.75 Å². The Morgan fingerprint density at radius 1 is 1.08 bits per heavy atom. The number of amides is 1. The number of ether oxygens (including phenoxy) is 1. The monoisotopic (exact) mass is 505 g/mol. The number of rotatable bonds is 8. The fraction of sp³-hybridized carbons (Fsp3) is 0.552. The van der Waals surface area contributed by atoms with Crippen LogP contribution in [0.1, 0.15) is 56.6 Å². The number of piperidine rings is 1. The molecule has 37 heavy (non-hydrogen) atoms. The summed E-state index contributed by atoms with van der Waals surface area (Å²) in [4.78, 5) is 26.0. The molecule has 0 bridgehead atoms. The molecule has 1 unspecified atom stereocenters. The van der Waals surface area contributed by atoms with E-state index in [0.717, 1.165) is 82.9 Å². The summed E-state index contributed by atoms with van der Waals surface area (Å²) in [6.45, 7) is 6.11. The number of aryl methyl sites for hydroxylation is 1. The molecule has 2 fully saturated rings. The van der Waals surface area contributed by atoms with Gasteiger partial charge in [0.25, 0.3) is 0 Å². The van der Waals surface area contributed by atoms with Crippen molar-refractivity contribution < 1.29 is 14.7 Å². The van der Waals surface area contributed by atoms with E-state index in [1.54, 1.807) is 0 Å². The van der Waals surface area contributed by atoms with Gasteiger partial charge in [-0.2, -0.15) is 0 Å². The number of anilines is 1. The van der Waals surface area contributed by atoms with E-state index in [9.17, 15) is 4.79 Å².